The number of thiazole rings is 1. The van der Waals surface area contributed by atoms with Crippen molar-refractivity contribution in [2.45, 2.75) is 25.2 Å². The molecule has 7 heteroatoms. The van der Waals surface area contributed by atoms with Crippen LogP contribution in [0.3, 0.4) is 0 Å². The number of piperazine rings is 1. The van der Waals surface area contributed by atoms with Crippen LogP contribution in [0.25, 0.3) is 10.2 Å². The van der Waals surface area contributed by atoms with Crippen molar-refractivity contribution in [3.05, 3.63) is 59.2 Å². The second-order valence-electron chi connectivity index (χ2n) is 7.78. The van der Waals surface area contributed by atoms with Crippen molar-refractivity contribution in [3.8, 4) is 0 Å². The molecule has 3 aromatic rings. The molecule has 1 saturated heterocycles. The summed E-state index contributed by atoms with van der Waals surface area (Å²) in [5.41, 5.74) is 2.18. The molecule has 2 heterocycles. The zero-order chi connectivity index (χ0) is 20.0. The molecule has 2 aliphatic rings. The maximum Gasteiger partial charge on any atom is 0.227 e. The maximum atomic E-state index is 14.2. The Balaban J connectivity index is 1.20. The lowest BCUT2D eigenvalue weighted by molar-refractivity contribution is -0.130. The molecule has 1 aliphatic heterocycles. The predicted octanol–water partition coefficient (Wildman–Crippen LogP) is 4.34. The summed E-state index contributed by atoms with van der Waals surface area (Å²) in [4.78, 5) is 21.2. The lowest BCUT2D eigenvalue weighted by Gasteiger charge is -2.34. The van der Waals surface area contributed by atoms with E-state index in [0.29, 0.717) is 37.6 Å². The van der Waals surface area contributed by atoms with Crippen LogP contribution in [0.15, 0.2) is 36.4 Å². The molecule has 0 atom stereocenters. The molecule has 0 radical (unpaired) electrons. The van der Waals surface area contributed by atoms with Crippen LogP contribution in [0.4, 0.5) is 13.9 Å². The van der Waals surface area contributed by atoms with E-state index in [0.717, 1.165) is 33.8 Å². The third-order valence-corrected chi connectivity index (χ3v) is 6.78. The first-order valence-electron chi connectivity index (χ1n) is 9.94. The molecule has 0 unspecified atom stereocenters. The monoisotopic (exact) mass is 413 g/mol. The molecule has 1 saturated carbocycles. The van der Waals surface area contributed by atoms with Gasteiger partial charge in [0.25, 0.3) is 0 Å². The molecular formula is C22H21F2N3OS. The highest BCUT2D eigenvalue weighted by Crippen LogP contribution is 2.41. The number of hydrogen-bond acceptors (Lipinski definition) is 4. The van der Waals surface area contributed by atoms with Gasteiger partial charge >= 0.3 is 0 Å². The smallest absolute Gasteiger partial charge is 0.227 e. The van der Waals surface area contributed by atoms with Gasteiger partial charge in [0.1, 0.15) is 11.6 Å². The number of anilines is 1. The number of carbonyl (C=O) groups excluding carboxylic acids is 1. The molecule has 1 amide bonds. The third kappa shape index (κ3) is 3.83. The summed E-state index contributed by atoms with van der Waals surface area (Å²) >= 11 is 1.54. The average Bonchev–Trinajstić information content (AvgIpc) is 3.46. The fourth-order valence-electron chi connectivity index (χ4n) is 3.86. The zero-order valence-electron chi connectivity index (χ0n) is 15.9. The van der Waals surface area contributed by atoms with E-state index in [4.69, 9.17) is 0 Å². The van der Waals surface area contributed by atoms with Gasteiger partial charge in [0.2, 0.25) is 5.91 Å². The fraction of sp³-hybridized carbons (Fsp3) is 0.364. The number of aromatic nitrogens is 1. The van der Waals surface area contributed by atoms with E-state index in [2.05, 4.69) is 9.88 Å². The van der Waals surface area contributed by atoms with Gasteiger partial charge in [0, 0.05) is 32.2 Å². The molecule has 29 heavy (non-hydrogen) atoms. The van der Waals surface area contributed by atoms with Crippen molar-refractivity contribution in [2.24, 2.45) is 0 Å². The van der Waals surface area contributed by atoms with Gasteiger partial charge in [0.15, 0.2) is 5.13 Å². The molecule has 1 aliphatic carbocycles. The van der Waals surface area contributed by atoms with E-state index >= 15 is 0 Å². The van der Waals surface area contributed by atoms with Gasteiger partial charge in [-0.3, -0.25) is 4.79 Å². The van der Waals surface area contributed by atoms with Gasteiger partial charge in [-0.1, -0.05) is 23.5 Å². The minimum Gasteiger partial charge on any atom is -0.345 e. The number of amides is 1. The Labute approximate surface area is 171 Å². The number of rotatable bonds is 4. The Bertz CT molecular complexity index is 1070. The third-order valence-electron chi connectivity index (χ3n) is 5.68. The van der Waals surface area contributed by atoms with Crippen molar-refractivity contribution in [1.29, 1.82) is 0 Å². The summed E-state index contributed by atoms with van der Waals surface area (Å²) in [7, 11) is 0. The van der Waals surface area contributed by atoms with Crippen molar-refractivity contribution < 1.29 is 13.6 Å². The average molecular weight is 413 g/mol. The van der Waals surface area contributed by atoms with Crippen LogP contribution in [-0.4, -0.2) is 42.0 Å². The molecular weight excluding hydrogens is 392 g/mol. The Morgan fingerprint density at radius 1 is 1.07 bits per heavy atom. The second kappa shape index (κ2) is 7.37. The van der Waals surface area contributed by atoms with Crippen molar-refractivity contribution in [2.75, 3.05) is 31.1 Å². The Hall–Kier alpha value is -2.54. The summed E-state index contributed by atoms with van der Waals surface area (Å²) in [6.45, 7) is 2.57. The molecule has 5 rings (SSSR count). The van der Waals surface area contributed by atoms with Gasteiger partial charge < -0.3 is 9.80 Å². The number of halogens is 2. The normalized spacial score (nSPS) is 17.2. The number of carbonyl (C=O) groups is 1. The quantitative estimate of drug-likeness (QED) is 0.638. The van der Waals surface area contributed by atoms with E-state index in [1.54, 1.807) is 6.07 Å². The van der Waals surface area contributed by atoms with Crippen LogP contribution < -0.4 is 4.90 Å². The first-order valence-corrected chi connectivity index (χ1v) is 10.8. The van der Waals surface area contributed by atoms with Crippen LogP contribution >= 0.6 is 11.3 Å². The van der Waals surface area contributed by atoms with Crippen LogP contribution in [0.1, 0.15) is 29.9 Å². The molecule has 150 valence electrons. The van der Waals surface area contributed by atoms with E-state index in [1.807, 2.05) is 17.0 Å². The Morgan fingerprint density at radius 2 is 1.86 bits per heavy atom. The highest BCUT2D eigenvalue weighted by atomic mass is 32.1. The number of hydrogen-bond donors (Lipinski definition) is 0. The van der Waals surface area contributed by atoms with E-state index < -0.39 is 0 Å². The molecule has 0 spiro atoms. The lowest BCUT2D eigenvalue weighted by atomic mass is 10.0. The zero-order valence-corrected chi connectivity index (χ0v) is 16.7. The standard InChI is InChI=1S/C22H21F2N3OS/c23-16-4-6-20-19(13-16)25-22(29-20)27-9-7-26(8-10-27)21(28)12-14-1-5-17(15-2-3-15)18(24)11-14/h1,4-6,11,13,15H,2-3,7-10,12H2. The highest BCUT2D eigenvalue weighted by molar-refractivity contribution is 7.22. The van der Waals surface area contributed by atoms with Crippen molar-refractivity contribution >= 4 is 32.6 Å². The number of fused-ring (bicyclic) bond motifs is 1. The molecule has 4 nitrogen and oxygen atoms in total. The summed E-state index contributed by atoms with van der Waals surface area (Å²) in [6.07, 6.45) is 2.34. The molecule has 0 bridgehead atoms. The molecule has 2 fully saturated rings. The van der Waals surface area contributed by atoms with Crippen LogP contribution in [0, 0.1) is 11.6 Å². The number of nitrogens with zero attached hydrogens (tertiary/aromatic N) is 3. The molecule has 2 aromatic carbocycles. The minimum atomic E-state index is -0.286. The van der Waals surface area contributed by atoms with Crippen LogP contribution in [0.2, 0.25) is 0 Å². The van der Waals surface area contributed by atoms with Gasteiger partial charge in [-0.05, 0) is 48.1 Å². The first-order chi connectivity index (χ1) is 14.1. The topological polar surface area (TPSA) is 36.4 Å². The van der Waals surface area contributed by atoms with Crippen molar-refractivity contribution in [1.82, 2.24) is 9.88 Å². The van der Waals surface area contributed by atoms with Gasteiger partial charge in [-0.15, -0.1) is 0 Å². The van der Waals surface area contributed by atoms with E-state index in [9.17, 15) is 13.6 Å². The summed E-state index contributed by atoms with van der Waals surface area (Å²) in [5, 5.41) is 0.857. The Kier molecular flexibility index (Phi) is 4.70. The minimum absolute atomic E-state index is 0.0228. The van der Waals surface area contributed by atoms with E-state index in [1.165, 1.54) is 29.5 Å². The maximum absolute atomic E-state index is 14.2. The lowest BCUT2D eigenvalue weighted by Crippen LogP contribution is -2.49. The molecule has 0 N–H and O–H groups in total. The predicted molar refractivity (Wildman–Crippen MR) is 110 cm³/mol. The fourth-order valence-corrected chi connectivity index (χ4v) is 4.86. The number of benzene rings is 2. The van der Waals surface area contributed by atoms with Crippen molar-refractivity contribution in [3.63, 3.8) is 0 Å². The SMILES string of the molecule is O=C(Cc1ccc(C2CC2)c(F)c1)N1CCN(c2nc3cc(F)ccc3s2)CC1. The summed E-state index contributed by atoms with van der Waals surface area (Å²) < 4.78 is 28.6. The Morgan fingerprint density at radius 3 is 2.59 bits per heavy atom. The summed E-state index contributed by atoms with van der Waals surface area (Å²) in [6, 6.07) is 9.87. The summed E-state index contributed by atoms with van der Waals surface area (Å²) in [5.74, 6) is -0.0808. The highest BCUT2D eigenvalue weighted by Gasteiger charge is 2.27. The first kappa shape index (κ1) is 18.5. The van der Waals surface area contributed by atoms with Crippen LogP contribution in [0.5, 0.6) is 0 Å². The largest absolute Gasteiger partial charge is 0.345 e. The van der Waals surface area contributed by atoms with Gasteiger partial charge in [-0.25, -0.2) is 13.8 Å². The van der Waals surface area contributed by atoms with Gasteiger partial charge in [0.05, 0.1) is 16.6 Å². The second-order valence-corrected chi connectivity index (χ2v) is 8.79. The molecule has 1 aromatic heterocycles. The van der Waals surface area contributed by atoms with E-state index in [-0.39, 0.29) is 24.0 Å². The van der Waals surface area contributed by atoms with Gasteiger partial charge in [-0.2, -0.15) is 0 Å². The van der Waals surface area contributed by atoms with Crippen LogP contribution in [-0.2, 0) is 11.2 Å².